The van der Waals surface area contributed by atoms with E-state index < -0.39 is 0 Å². The molecule has 5 heteroatoms. The van der Waals surface area contributed by atoms with Crippen LogP contribution in [0.4, 0.5) is 0 Å². The number of carbonyl (C=O) groups excluding carboxylic acids is 2. The SMILES string of the molecule is CCCCC(=O)NCCNC(=O)COC. The van der Waals surface area contributed by atoms with Gasteiger partial charge in [-0.25, -0.2) is 0 Å². The van der Waals surface area contributed by atoms with Crippen molar-refractivity contribution in [2.24, 2.45) is 0 Å². The summed E-state index contributed by atoms with van der Waals surface area (Å²) in [4.78, 5) is 22.0. The van der Waals surface area contributed by atoms with Crippen molar-refractivity contribution in [3.8, 4) is 0 Å². The quantitative estimate of drug-likeness (QED) is 0.564. The summed E-state index contributed by atoms with van der Waals surface area (Å²) >= 11 is 0. The van der Waals surface area contributed by atoms with Crippen molar-refractivity contribution in [2.45, 2.75) is 26.2 Å². The molecule has 15 heavy (non-hydrogen) atoms. The lowest BCUT2D eigenvalue weighted by Crippen LogP contribution is -2.36. The number of nitrogens with one attached hydrogen (secondary N) is 2. The van der Waals surface area contributed by atoms with E-state index in [9.17, 15) is 9.59 Å². The van der Waals surface area contributed by atoms with Gasteiger partial charge in [0, 0.05) is 26.6 Å². The molecule has 0 unspecified atom stereocenters. The van der Waals surface area contributed by atoms with Gasteiger partial charge in [-0.2, -0.15) is 0 Å². The highest BCUT2D eigenvalue weighted by Gasteiger charge is 2.00. The molecule has 2 amide bonds. The van der Waals surface area contributed by atoms with Crippen LogP contribution < -0.4 is 10.6 Å². The van der Waals surface area contributed by atoms with Crippen molar-refractivity contribution in [3.05, 3.63) is 0 Å². The molecule has 0 aromatic heterocycles. The third-order valence-corrected chi connectivity index (χ3v) is 1.80. The topological polar surface area (TPSA) is 67.4 Å². The molecule has 0 saturated heterocycles. The second-order valence-electron chi connectivity index (χ2n) is 3.24. The molecule has 0 aliphatic carbocycles. The van der Waals surface area contributed by atoms with E-state index in [4.69, 9.17) is 0 Å². The fourth-order valence-corrected chi connectivity index (χ4v) is 1.01. The van der Waals surface area contributed by atoms with E-state index in [1.165, 1.54) is 7.11 Å². The Bertz CT molecular complexity index is 195. The van der Waals surface area contributed by atoms with Crippen LogP contribution in [0, 0.1) is 0 Å². The van der Waals surface area contributed by atoms with Gasteiger partial charge >= 0.3 is 0 Å². The Labute approximate surface area is 90.6 Å². The molecule has 0 atom stereocenters. The Morgan fingerprint density at radius 1 is 1.13 bits per heavy atom. The second-order valence-corrected chi connectivity index (χ2v) is 3.24. The molecule has 0 aromatic rings. The average Bonchev–Trinajstić information content (AvgIpc) is 2.22. The maximum absolute atomic E-state index is 11.1. The first-order chi connectivity index (χ1) is 7.20. The fourth-order valence-electron chi connectivity index (χ4n) is 1.01. The minimum absolute atomic E-state index is 0.0397. The first-order valence-corrected chi connectivity index (χ1v) is 5.23. The molecular formula is C10H20N2O3. The largest absolute Gasteiger partial charge is 0.375 e. The van der Waals surface area contributed by atoms with E-state index in [0.29, 0.717) is 19.5 Å². The van der Waals surface area contributed by atoms with Gasteiger partial charge in [-0.05, 0) is 6.42 Å². The third-order valence-electron chi connectivity index (χ3n) is 1.80. The van der Waals surface area contributed by atoms with Crippen molar-refractivity contribution in [1.29, 1.82) is 0 Å². The Balaban J connectivity index is 3.30. The van der Waals surface area contributed by atoms with Crippen LogP contribution in [-0.2, 0) is 14.3 Å². The summed E-state index contributed by atoms with van der Waals surface area (Å²) in [6, 6.07) is 0. The lowest BCUT2D eigenvalue weighted by molar-refractivity contribution is -0.125. The zero-order valence-corrected chi connectivity index (χ0v) is 9.47. The highest BCUT2D eigenvalue weighted by Crippen LogP contribution is 1.92. The van der Waals surface area contributed by atoms with Crippen molar-refractivity contribution in [2.75, 3.05) is 26.8 Å². The zero-order valence-electron chi connectivity index (χ0n) is 9.47. The fraction of sp³-hybridized carbons (Fsp3) is 0.800. The summed E-state index contributed by atoms with van der Waals surface area (Å²) in [5, 5.41) is 5.34. The highest BCUT2D eigenvalue weighted by atomic mass is 16.5. The summed E-state index contributed by atoms with van der Waals surface area (Å²) in [6.07, 6.45) is 2.47. The first-order valence-electron chi connectivity index (χ1n) is 5.23. The van der Waals surface area contributed by atoms with Crippen LogP contribution in [0.5, 0.6) is 0 Å². The Hall–Kier alpha value is -1.10. The van der Waals surface area contributed by atoms with Crippen LogP contribution >= 0.6 is 0 Å². The van der Waals surface area contributed by atoms with Gasteiger partial charge in [0.1, 0.15) is 6.61 Å². The minimum atomic E-state index is -0.166. The molecule has 0 bridgehead atoms. The average molecular weight is 216 g/mol. The van der Waals surface area contributed by atoms with Gasteiger partial charge in [0.2, 0.25) is 11.8 Å². The summed E-state index contributed by atoms with van der Waals surface area (Å²) < 4.78 is 4.64. The molecule has 0 fully saturated rings. The smallest absolute Gasteiger partial charge is 0.246 e. The minimum Gasteiger partial charge on any atom is -0.375 e. The molecule has 0 aliphatic rings. The van der Waals surface area contributed by atoms with E-state index in [1.807, 2.05) is 6.92 Å². The number of carbonyl (C=O) groups is 2. The van der Waals surface area contributed by atoms with Gasteiger partial charge in [-0.15, -0.1) is 0 Å². The molecule has 0 spiro atoms. The predicted octanol–water partition coefficient (Wildman–Crippen LogP) is 0.0554. The van der Waals surface area contributed by atoms with Crippen LogP contribution in [0.15, 0.2) is 0 Å². The van der Waals surface area contributed by atoms with Gasteiger partial charge in [-0.3, -0.25) is 9.59 Å². The van der Waals surface area contributed by atoms with Gasteiger partial charge < -0.3 is 15.4 Å². The lowest BCUT2D eigenvalue weighted by Gasteiger charge is -2.06. The predicted molar refractivity (Wildman–Crippen MR) is 57.4 cm³/mol. The normalized spacial score (nSPS) is 9.73. The molecule has 0 aromatic carbocycles. The number of hydrogen-bond donors (Lipinski definition) is 2. The first kappa shape index (κ1) is 13.9. The molecule has 2 N–H and O–H groups in total. The van der Waals surface area contributed by atoms with Crippen molar-refractivity contribution in [1.82, 2.24) is 10.6 Å². The number of methoxy groups -OCH3 is 1. The van der Waals surface area contributed by atoms with Gasteiger partial charge in [0.15, 0.2) is 0 Å². The van der Waals surface area contributed by atoms with Crippen LogP contribution in [0.1, 0.15) is 26.2 Å². The van der Waals surface area contributed by atoms with E-state index in [1.54, 1.807) is 0 Å². The Morgan fingerprint density at radius 2 is 1.73 bits per heavy atom. The summed E-state index contributed by atoms with van der Waals surface area (Å²) in [6.45, 7) is 3.01. The number of hydrogen-bond acceptors (Lipinski definition) is 3. The second kappa shape index (κ2) is 9.45. The van der Waals surface area contributed by atoms with Crippen molar-refractivity contribution >= 4 is 11.8 Å². The monoisotopic (exact) mass is 216 g/mol. The number of rotatable bonds is 8. The Morgan fingerprint density at radius 3 is 2.27 bits per heavy atom. The molecule has 0 saturated carbocycles. The number of ether oxygens (including phenoxy) is 1. The molecular weight excluding hydrogens is 196 g/mol. The lowest BCUT2D eigenvalue weighted by atomic mass is 10.2. The number of unbranched alkanes of at least 4 members (excludes halogenated alkanes) is 1. The van der Waals surface area contributed by atoms with E-state index in [2.05, 4.69) is 15.4 Å². The summed E-state index contributed by atoms with van der Waals surface area (Å²) in [5.74, 6) is -0.127. The molecule has 88 valence electrons. The van der Waals surface area contributed by atoms with Gasteiger partial charge in [0.05, 0.1) is 0 Å². The highest BCUT2D eigenvalue weighted by molar-refractivity contribution is 5.77. The van der Waals surface area contributed by atoms with E-state index in [-0.39, 0.29) is 18.4 Å². The van der Waals surface area contributed by atoms with Gasteiger partial charge in [0.25, 0.3) is 0 Å². The van der Waals surface area contributed by atoms with E-state index >= 15 is 0 Å². The van der Waals surface area contributed by atoms with Crippen LogP contribution in [0.3, 0.4) is 0 Å². The van der Waals surface area contributed by atoms with E-state index in [0.717, 1.165) is 12.8 Å². The molecule has 0 aliphatic heterocycles. The van der Waals surface area contributed by atoms with Gasteiger partial charge in [-0.1, -0.05) is 13.3 Å². The summed E-state index contributed by atoms with van der Waals surface area (Å²) in [5.41, 5.74) is 0. The zero-order chi connectivity index (χ0) is 11.5. The van der Waals surface area contributed by atoms with Crippen LogP contribution in [0.25, 0.3) is 0 Å². The molecule has 0 rings (SSSR count). The maximum Gasteiger partial charge on any atom is 0.246 e. The third kappa shape index (κ3) is 9.21. The molecule has 5 nitrogen and oxygen atoms in total. The van der Waals surface area contributed by atoms with Crippen LogP contribution in [0.2, 0.25) is 0 Å². The van der Waals surface area contributed by atoms with Crippen molar-refractivity contribution in [3.63, 3.8) is 0 Å². The number of amides is 2. The summed E-state index contributed by atoms with van der Waals surface area (Å²) in [7, 11) is 1.46. The van der Waals surface area contributed by atoms with Crippen molar-refractivity contribution < 1.29 is 14.3 Å². The van der Waals surface area contributed by atoms with Crippen LogP contribution in [-0.4, -0.2) is 38.6 Å². The molecule has 0 radical (unpaired) electrons. The maximum atomic E-state index is 11.1. The standard InChI is InChI=1S/C10H20N2O3/c1-3-4-5-9(13)11-6-7-12-10(14)8-15-2/h3-8H2,1-2H3,(H,11,13)(H,12,14). The Kier molecular flexibility index (Phi) is 8.76. The molecule has 0 heterocycles.